The average Bonchev–Trinajstić information content (AvgIpc) is 3.42. The first-order valence-electron chi connectivity index (χ1n) is 12.4. The van der Waals surface area contributed by atoms with Crippen LogP contribution in [0.5, 0.6) is 17.2 Å². The highest BCUT2D eigenvalue weighted by Crippen LogP contribution is 2.35. The molecule has 1 N–H and O–H groups in total. The fourth-order valence-electron chi connectivity index (χ4n) is 4.64. The third-order valence-electron chi connectivity index (χ3n) is 6.41. The molecular formula is C30H30N2O4. The van der Waals surface area contributed by atoms with Gasteiger partial charge in [-0.15, -0.1) is 0 Å². The first kappa shape index (κ1) is 23.7. The second-order valence-corrected chi connectivity index (χ2v) is 8.80. The van der Waals surface area contributed by atoms with Crippen LogP contribution < -0.4 is 14.2 Å². The molecule has 1 heterocycles. The number of carbonyl (C=O) groups excluding carboxylic acids is 1. The van der Waals surface area contributed by atoms with Crippen molar-refractivity contribution in [2.24, 2.45) is 0 Å². The molecule has 1 aliphatic carbocycles. The summed E-state index contributed by atoms with van der Waals surface area (Å²) in [4.78, 5) is 20.3. The van der Waals surface area contributed by atoms with E-state index in [0.29, 0.717) is 26.1 Å². The molecule has 0 radical (unpaired) electrons. The molecule has 0 spiro atoms. The van der Waals surface area contributed by atoms with Crippen LogP contribution in [0.4, 0.5) is 0 Å². The number of aromatic amines is 1. The number of nitrogens with zero attached hydrogens (tertiary/aromatic N) is 1. The second-order valence-electron chi connectivity index (χ2n) is 8.80. The van der Waals surface area contributed by atoms with E-state index < -0.39 is 0 Å². The van der Waals surface area contributed by atoms with Crippen molar-refractivity contribution in [2.45, 2.75) is 45.3 Å². The van der Waals surface area contributed by atoms with E-state index in [9.17, 15) is 4.79 Å². The third-order valence-corrected chi connectivity index (χ3v) is 6.41. The monoisotopic (exact) mass is 482 g/mol. The zero-order valence-corrected chi connectivity index (χ0v) is 20.4. The third kappa shape index (κ3) is 5.43. The number of rotatable bonds is 10. The lowest BCUT2D eigenvalue weighted by Gasteiger charge is -2.25. The predicted octanol–water partition coefficient (Wildman–Crippen LogP) is 6.27. The molecule has 1 atom stereocenters. The van der Waals surface area contributed by atoms with Gasteiger partial charge in [0.1, 0.15) is 35.8 Å². The summed E-state index contributed by atoms with van der Waals surface area (Å²) in [6.45, 7) is 2.88. The molecule has 3 aromatic carbocycles. The largest absolute Gasteiger partial charge is 0.494 e. The summed E-state index contributed by atoms with van der Waals surface area (Å²) >= 11 is 0. The van der Waals surface area contributed by atoms with Gasteiger partial charge in [0.25, 0.3) is 0 Å². The van der Waals surface area contributed by atoms with Crippen LogP contribution in [0.3, 0.4) is 0 Å². The Morgan fingerprint density at radius 1 is 0.944 bits per heavy atom. The maximum atomic E-state index is 12.7. The first-order chi connectivity index (χ1) is 17.7. The van der Waals surface area contributed by atoms with Gasteiger partial charge in [-0.25, -0.2) is 4.98 Å². The number of benzene rings is 3. The van der Waals surface area contributed by atoms with E-state index >= 15 is 0 Å². The van der Waals surface area contributed by atoms with Crippen molar-refractivity contribution in [3.05, 3.63) is 107 Å². The summed E-state index contributed by atoms with van der Waals surface area (Å²) in [5.74, 6) is 3.30. The number of Topliss-reactive ketones (excluding diaryl/α,β-unsaturated/α-hetero) is 1. The minimum absolute atomic E-state index is 0.181. The van der Waals surface area contributed by atoms with E-state index in [-0.39, 0.29) is 11.9 Å². The normalized spacial score (nSPS) is 13.6. The van der Waals surface area contributed by atoms with Gasteiger partial charge in [-0.3, -0.25) is 4.79 Å². The number of carbonyl (C=O) groups is 1. The smallest absolute Gasteiger partial charge is 0.163 e. The van der Waals surface area contributed by atoms with Gasteiger partial charge in [-0.2, -0.15) is 0 Å². The Morgan fingerprint density at radius 2 is 1.72 bits per heavy atom. The van der Waals surface area contributed by atoms with Crippen LogP contribution in [0, 0.1) is 0 Å². The summed E-state index contributed by atoms with van der Waals surface area (Å²) in [5.41, 5.74) is 3.79. The molecule has 36 heavy (non-hydrogen) atoms. The van der Waals surface area contributed by atoms with Gasteiger partial charge in [-0.05, 0) is 67.3 Å². The highest BCUT2D eigenvalue weighted by atomic mass is 16.5. The van der Waals surface area contributed by atoms with Gasteiger partial charge < -0.3 is 19.2 Å². The number of hydrogen-bond acceptors (Lipinski definition) is 5. The Hall–Kier alpha value is -4.06. The molecule has 0 unspecified atom stereocenters. The number of fused-ring (bicyclic) bond motifs is 1. The maximum absolute atomic E-state index is 12.7. The van der Waals surface area contributed by atoms with E-state index in [1.165, 1.54) is 0 Å². The summed E-state index contributed by atoms with van der Waals surface area (Å²) in [5, 5.41) is 0. The topological polar surface area (TPSA) is 73.4 Å². The Bertz CT molecular complexity index is 1280. The van der Waals surface area contributed by atoms with Crippen LogP contribution in [0.25, 0.3) is 0 Å². The zero-order valence-electron chi connectivity index (χ0n) is 20.4. The molecule has 1 aromatic heterocycles. The van der Waals surface area contributed by atoms with Crippen LogP contribution in [0.1, 0.15) is 58.7 Å². The van der Waals surface area contributed by atoms with E-state index in [1.54, 1.807) is 6.20 Å². The Morgan fingerprint density at radius 3 is 2.44 bits per heavy atom. The average molecular weight is 483 g/mol. The number of ether oxygens (including phenoxy) is 3. The van der Waals surface area contributed by atoms with Crippen LogP contribution in [0.15, 0.2) is 79.1 Å². The fraction of sp³-hybridized carbons (Fsp3) is 0.267. The summed E-state index contributed by atoms with van der Waals surface area (Å²) in [7, 11) is 0. The van der Waals surface area contributed by atoms with Crippen LogP contribution >= 0.6 is 0 Å². The van der Waals surface area contributed by atoms with Gasteiger partial charge in [0.05, 0.1) is 6.61 Å². The molecule has 6 nitrogen and oxygen atoms in total. The first-order valence-corrected chi connectivity index (χ1v) is 12.4. The van der Waals surface area contributed by atoms with Gasteiger partial charge in [-0.1, -0.05) is 30.3 Å². The lowest BCUT2D eigenvalue weighted by Crippen LogP contribution is -2.18. The van der Waals surface area contributed by atoms with Gasteiger partial charge >= 0.3 is 0 Å². The van der Waals surface area contributed by atoms with Crippen molar-refractivity contribution in [3.8, 4) is 17.2 Å². The summed E-state index contributed by atoms with van der Waals surface area (Å²) in [6, 6.07) is 21.5. The van der Waals surface area contributed by atoms with Gasteiger partial charge in [0, 0.05) is 36.4 Å². The molecule has 4 aromatic rings. The molecule has 0 bridgehead atoms. The summed E-state index contributed by atoms with van der Waals surface area (Å²) < 4.78 is 18.4. The van der Waals surface area contributed by atoms with Crippen molar-refractivity contribution in [2.75, 3.05) is 6.61 Å². The molecule has 0 amide bonds. The van der Waals surface area contributed by atoms with E-state index in [4.69, 9.17) is 14.2 Å². The molecule has 0 aliphatic heterocycles. The van der Waals surface area contributed by atoms with Gasteiger partial charge in [0.15, 0.2) is 5.78 Å². The highest BCUT2D eigenvalue weighted by Gasteiger charge is 2.25. The highest BCUT2D eigenvalue weighted by molar-refractivity contribution is 5.99. The molecule has 184 valence electrons. The lowest BCUT2D eigenvalue weighted by molar-refractivity contribution is 0.0971. The predicted molar refractivity (Wildman–Crippen MR) is 138 cm³/mol. The molecule has 6 heteroatoms. The number of ketones is 1. The number of H-pyrrole nitrogens is 1. The Labute approximate surface area is 211 Å². The number of nitrogens with one attached hydrogen (secondary N) is 1. The Balaban J connectivity index is 1.46. The number of imidazole rings is 1. The van der Waals surface area contributed by atoms with E-state index in [2.05, 4.69) is 22.1 Å². The van der Waals surface area contributed by atoms with E-state index in [0.717, 1.165) is 58.2 Å². The minimum atomic E-state index is -0.251. The minimum Gasteiger partial charge on any atom is -0.494 e. The van der Waals surface area contributed by atoms with Crippen molar-refractivity contribution >= 4 is 5.78 Å². The van der Waals surface area contributed by atoms with Crippen molar-refractivity contribution in [1.82, 2.24) is 9.97 Å². The van der Waals surface area contributed by atoms with E-state index in [1.807, 2.05) is 67.7 Å². The molecule has 5 rings (SSSR count). The molecular weight excluding hydrogens is 452 g/mol. The summed E-state index contributed by atoms with van der Waals surface area (Å²) in [6.07, 6.45) is 6.15. The van der Waals surface area contributed by atoms with Crippen molar-refractivity contribution in [3.63, 3.8) is 0 Å². The van der Waals surface area contributed by atoms with Crippen LogP contribution in [-0.2, 0) is 19.4 Å². The standard InChI is InChI=1S/C30H30N2O4/c1-2-34-22-11-13-23(14-12-22)35-20-26-24-9-6-10-27(33)25(24)15-16-28(26)36-29(19-30-31-17-18-32-30)21-7-4-3-5-8-21/h3-5,7-8,11-18,29H,2,6,9-10,19-20H2,1H3,(H,31,32)/t29-/m0/s1. The van der Waals surface area contributed by atoms with Crippen LogP contribution in [-0.4, -0.2) is 22.4 Å². The number of hydrogen-bond donors (Lipinski definition) is 1. The SMILES string of the molecule is CCOc1ccc(OCc2c(O[C@@H](Cc3ncc[nH]3)c3ccccc3)ccc3c2CCCC3=O)cc1. The van der Waals surface area contributed by atoms with Crippen LogP contribution in [0.2, 0.25) is 0 Å². The quantitative estimate of drug-likeness (QED) is 0.288. The lowest BCUT2D eigenvalue weighted by atomic mass is 9.87. The molecule has 0 fully saturated rings. The molecule has 1 aliphatic rings. The van der Waals surface area contributed by atoms with Crippen molar-refractivity contribution < 1.29 is 19.0 Å². The van der Waals surface area contributed by atoms with Gasteiger partial charge in [0.2, 0.25) is 0 Å². The zero-order chi connectivity index (χ0) is 24.7. The maximum Gasteiger partial charge on any atom is 0.163 e. The fourth-order valence-corrected chi connectivity index (χ4v) is 4.64. The Kier molecular flexibility index (Phi) is 7.31. The number of aromatic nitrogens is 2. The molecule has 0 saturated carbocycles. The molecule has 0 saturated heterocycles. The van der Waals surface area contributed by atoms with Crippen molar-refractivity contribution in [1.29, 1.82) is 0 Å². The second kappa shape index (κ2) is 11.1.